The van der Waals surface area contributed by atoms with Gasteiger partial charge in [-0.1, -0.05) is 18.2 Å². The lowest BCUT2D eigenvalue weighted by atomic mass is 10.2. The summed E-state index contributed by atoms with van der Waals surface area (Å²) in [7, 11) is 0. The maximum absolute atomic E-state index is 13.8. The molecule has 0 saturated heterocycles. The molecule has 0 N–H and O–H groups in total. The first-order valence-electron chi connectivity index (χ1n) is 7.08. The van der Waals surface area contributed by atoms with Crippen molar-refractivity contribution in [2.45, 2.75) is 19.5 Å². The van der Waals surface area contributed by atoms with E-state index in [2.05, 4.69) is 14.6 Å². The molecule has 124 valence electrons. The Balaban J connectivity index is 2.01. The molecule has 7 heteroatoms. The molecule has 5 nitrogen and oxygen atoms in total. The number of hydrogen-bond acceptors (Lipinski definition) is 4. The molecule has 2 aromatic rings. The van der Waals surface area contributed by atoms with Crippen LogP contribution in [0.1, 0.15) is 18.2 Å². The first kappa shape index (κ1) is 17.3. The normalized spacial score (nSPS) is 10.8. The maximum Gasteiger partial charge on any atom is 0.384 e. The van der Waals surface area contributed by atoms with Crippen LogP contribution >= 0.6 is 0 Å². The van der Waals surface area contributed by atoms with E-state index in [1.807, 2.05) is 0 Å². The Kier molecular flexibility index (Phi) is 5.42. The number of rotatable bonds is 6. The van der Waals surface area contributed by atoms with Crippen LogP contribution in [0.4, 0.5) is 14.5 Å². The van der Waals surface area contributed by atoms with Crippen molar-refractivity contribution < 1.29 is 23.0 Å². The Morgan fingerprint density at radius 2 is 1.96 bits per heavy atom. The minimum absolute atomic E-state index is 0.121. The molecule has 0 radical (unpaired) electrons. The molecule has 0 aliphatic rings. The number of benzene rings is 1. The van der Waals surface area contributed by atoms with Crippen LogP contribution in [0.5, 0.6) is 5.75 Å². The number of hydrogen-bond donors (Lipinski definition) is 0. The highest BCUT2D eigenvalue weighted by atomic mass is 19.3. The zero-order chi connectivity index (χ0) is 17.6. The van der Waals surface area contributed by atoms with Crippen LogP contribution in [0, 0.1) is 6.57 Å². The van der Waals surface area contributed by atoms with Gasteiger partial charge in [-0.25, -0.2) is 9.64 Å². The van der Waals surface area contributed by atoms with Crippen molar-refractivity contribution in [3.63, 3.8) is 0 Å². The Morgan fingerprint density at radius 1 is 1.25 bits per heavy atom. The monoisotopic (exact) mass is 332 g/mol. The van der Waals surface area contributed by atoms with Gasteiger partial charge in [-0.05, 0) is 25.1 Å². The molecule has 0 bridgehead atoms. The van der Waals surface area contributed by atoms with Crippen molar-refractivity contribution >= 4 is 11.7 Å². The predicted octanol–water partition coefficient (Wildman–Crippen LogP) is 3.87. The van der Waals surface area contributed by atoms with Gasteiger partial charge < -0.3 is 9.47 Å². The standard InChI is InChI=1S/C17H14F2N2O3/c1-3-23-16(22)17(18,19)15-9-4-12(10-21-15)11-24-14-7-5-13(20-2)6-8-14/h4-10H,3,11H2,1H3. The second-order valence-corrected chi connectivity index (χ2v) is 4.74. The van der Waals surface area contributed by atoms with Crippen LogP contribution in [0.3, 0.4) is 0 Å². The molecular formula is C17H14F2N2O3. The molecule has 0 fully saturated rings. The van der Waals surface area contributed by atoms with Gasteiger partial charge in [-0.3, -0.25) is 4.98 Å². The van der Waals surface area contributed by atoms with Gasteiger partial charge in [0.1, 0.15) is 18.1 Å². The van der Waals surface area contributed by atoms with Crippen molar-refractivity contribution in [3.05, 3.63) is 65.3 Å². The Bertz CT molecular complexity index is 738. The summed E-state index contributed by atoms with van der Waals surface area (Å²) < 4.78 is 37.4. The summed E-state index contributed by atoms with van der Waals surface area (Å²) in [6, 6.07) is 8.99. The van der Waals surface area contributed by atoms with Gasteiger partial charge in [-0.2, -0.15) is 8.78 Å². The first-order valence-corrected chi connectivity index (χ1v) is 7.08. The van der Waals surface area contributed by atoms with Gasteiger partial charge in [0.25, 0.3) is 0 Å². The van der Waals surface area contributed by atoms with E-state index in [0.717, 1.165) is 6.07 Å². The van der Waals surface area contributed by atoms with E-state index in [1.165, 1.54) is 19.2 Å². The summed E-state index contributed by atoms with van der Waals surface area (Å²) in [5, 5.41) is 0. The summed E-state index contributed by atoms with van der Waals surface area (Å²) in [6.45, 7) is 8.30. The number of carbonyl (C=O) groups is 1. The van der Waals surface area contributed by atoms with Crippen molar-refractivity contribution in [1.29, 1.82) is 0 Å². The number of aromatic nitrogens is 1. The van der Waals surface area contributed by atoms with Crippen molar-refractivity contribution in [3.8, 4) is 5.75 Å². The van der Waals surface area contributed by atoms with E-state index in [1.54, 1.807) is 24.3 Å². The SMILES string of the molecule is [C-]#[N+]c1ccc(OCc2ccc(C(F)(F)C(=O)OCC)nc2)cc1. The van der Waals surface area contributed by atoms with Gasteiger partial charge >= 0.3 is 11.9 Å². The van der Waals surface area contributed by atoms with E-state index in [-0.39, 0.29) is 13.2 Å². The average molecular weight is 332 g/mol. The summed E-state index contributed by atoms with van der Waals surface area (Å²) >= 11 is 0. The molecule has 0 amide bonds. The third-order valence-electron chi connectivity index (χ3n) is 3.05. The Hall–Kier alpha value is -3.01. The van der Waals surface area contributed by atoms with Gasteiger partial charge in [0.2, 0.25) is 0 Å². The van der Waals surface area contributed by atoms with E-state index in [9.17, 15) is 13.6 Å². The van der Waals surface area contributed by atoms with Crippen LogP contribution in [0.15, 0.2) is 42.6 Å². The minimum atomic E-state index is -3.79. The number of alkyl halides is 2. The zero-order valence-corrected chi connectivity index (χ0v) is 12.8. The molecule has 0 atom stereocenters. The number of ether oxygens (including phenoxy) is 2. The van der Waals surface area contributed by atoms with Gasteiger partial charge in [-0.15, -0.1) is 0 Å². The highest BCUT2D eigenvalue weighted by molar-refractivity contribution is 5.78. The average Bonchev–Trinajstić information content (AvgIpc) is 2.61. The number of esters is 1. The van der Waals surface area contributed by atoms with Crippen LogP contribution in [-0.2, 0) is 22.1 Å². The molecule has 1 aromatic carbocycles. The topological polar surface area (TPSA) is 52.8 Å². The molecule has 1 aromatic heterocycles. The van der Waals surface area contributed by atoms with E-state index >= 15 is 0 Å². The number of nitrogens with zero attached hydrogens (tertiary/aromatic N) is 2. The van der Waals surface area contributed by atoms with Crippen molar-refractivity contribution in [2.24, 2.45) is 0 Å². The second kappa shape index (κ2) is 7.51. The Morgan fingerprint density at radius 3 is 2.50 bits per heavy atom. The fraction of sp³-hybridized carbons (Fsp3) is 0.235. The molecule has 0 unspecified atom stereocenters. The van der Waals surface area contributed by atoms with Crippen molar-refractivity contribution in [1.82, 2.24) is 4.98 Å². The van der Waals surface area contributed by atoms with Gasteiger partial charge in [0.15, 0.2) is 5.69 Å². The highest BCUT2D eigenvalue weighted by Gasteiger charge is 2.44. The summed E-state index contributed by atoms with van der Waals surface area (Å²) in [5.41, 5.74) is 0.383. The molecule has 1 heterocycles. The van der Waals surface area contributed by atoms with Crippen LogP contribution in [0.25, 0.3) is 4.85 Å². The molecule has 2 rings (SSSR count). The summed E-state index contributed by atoms with van der Waals surface area (Å²) in [4.78, 5) is 18.1. The quantitative estimate of drug-likeness (QED) is 0.595. The van der Waals surface area contributed by atoms with Crippen molar-refractivity contribution in [2.75, 3.05) is 6.61 Å². The third-order valence-corrected chi connectivity index (χ3v) is 3.05. The molecule has 24 heavy (non-hydrogen) atoms. The Labute approximate surface area is 137 Å². The van der Waals surface area contributed by atoms with E-state index < -0.39 is 17.6 Å². The predicted molar refractivity (Wildman–Crippen MR) is 81.8 cm³/mol. The molecule has 0 saturated carbocycles. The van der Waals surface area contributed by atoms with Crippen LogP contribution < -0.4 is 4.74 Å². The van der Waals surface area contributed by atoms with Crippen LogP contribution in [0.2, 0.25) is 0 Å². The number of pyridine rings is 1. The fourth-order valence-corrected chi connectivity index (χ4v) is 1.81. The van der Waals surface area contributed by atoms with E-state index in [4.69, 9.17) is 11.3 Å². The maximum atomic E-state index is 13.8. The van der Waals surface area contributed by atoms with Gasteiger partial charge in [0.05, 0.1) is 13.2 Å². The minimum Gasteiger partial charge on any atom is -0.489 e. The fourth-order valence-electron chi connectivity index (χ4n) is 1.81. The lowest BCUT2D eigenvalue weighted by Gasteiger charge is -2.14. The molecular weight excluding hydrogens is 318 g/mol. The van der Waals surface area contributed by atoms with Crippen LogP contribution in [-0.4, -0.2) is 17.6 Å². The molecule has 0 spiro atoms. The second-order valence-electron chi connectivity index (χ2n) is 4.74. The number of halogens is 2. The lowest BCUT2D eigenvalue weighted by Crippen LogP contribution is -2.29. The summed E-state index contributed by atoms with van der Waals surface area (Å²) in [5.74, 6) is -4.87. The molecule has 0 aliphatic carbocycles. The summed E-state index contributed by atoms with van der Waals surface area (Å²) in [6.07, 6.45) is 1.22. The molecule has 0 aliphatic heterocycles. The highest BCUT2D eigenvalue weighted by Crippen LogP contribution is 2.28. The third kappa shape index (κ3) is 4.04. The first-order chi connectivity index (χ1) is 11.5. The number of carbonyl (C=O) groups excluding carboxylic acids is 1. The van der Waals surface area contributed by atoms with E-state index in [0.29, 0.717) is 17.0 Å². The smallest absolute Gasteiger partial charge is 0.384 e. The zero-order valence-electron chi connectivity index (χ0n) is 12.8. The lowest BCUT2D eigenvalue weighted by molar-refractivity contribution is -0.173. The van der Waals surface area contributed by atoms with Gasteiger partial charge in [0, 0.05) is 11.8 Å². The largest absolute Gasteiger partial charge is 0.489 e.